The summed E-state index contributed by atoms with van der Waals surface area (Å²) in [4.78, 5) is 20.3. The fourth-order valence-corrected chi connectivity index (χ4v) is 5.46. The van der Waals surface area contributed by atoms with Gasteiger partial charge < -0.3 is 19.7 Å². The van der Waals surface area contributed by atoms with E-state index in [1.807, 2.05) is 67.3 Å². The van der Waals surface area contributed by atoms with Gasteiger partial charge >= 0.3 is 0 Å². The summed E-state index contributed by atoms with van der Waals surface area (Å²) in [6, 6.07) is 15.4. The van der Waals surface area contributed by atoms with Crippen LogP contribution in [0.2, 0.25) is 0 Å². The van der Waals surface area contributed by atoms with Gasteiger partial charge in [0, 0.05) is 22.2 Å². The Morgan fingerprint density at radius 2 is 2.00 bits per heavy atom. The number of benzene rings is 2. The minimum atomic E-state index is -3.60. The number of carbonyl (C=O) groups excluding carboxylic acids is 1. The lowest BCUT2D eigenvalue weighted by molar-refractivity contribution is -0.118. The molecule has 2 heterocycles. The number of amides is 1. The Morgan fingerprint density at radius 3 is 2.71 bits per heavy atom. The zero-order chi connectivity index (χ0) is 29.6. The second kappa shape index (κ2) is 13.1. The number of ether oxygens (including phenoxy) is 2. The van der Waals surface area contributed by atoms with Crippen molar-refractivity contribution in [1.29, 1.82) is 0 Å². The highest BCUT2D eigenvalue weighted by Crippen LogP contribution is 2.33. The van der Waals surface area contributed by atoms with Crippen LogP contribution in [0.15, 0.2) is 77.3 Å². The maximum Gasteiger partial charge on any atom is 0.274 e. The molecule has 216 valence electrons. The first-order valence-electron chi connectivity index (χ1n) is 12.7. The normalized spacial score (nSPS) is 16.3. The fourth-order valence-electron chi connectivity index (χ4n) is 4.23. The summed E-state index contributed by atoms with van der Waals surface area (Å²) in [6.45, 7) is 9.23. The zero-order valence-electron chi connectivity index (χ0n) is 23.2. The molecule has 1 saturated heterocycles. The van der Waals surface area contributed by atoms with Crippen molar-refractivity contribution in [3.8, 4) is 11.8 Å². The molecule has 2 aliphatic rings. The lowest BCUT2D eigenvalue weighted by Gasteiger charge is -2.43. The molecule has 0 saturated carbocycles. The molecule has 0 bridgehead atoms. The number of nitrogens with one attached hydrogen (secondary N) is 1. The SMILES string of the molecule is C=Ic1ccc(CNC(=O)C2=C(OCc3ccccc3)C(=C)N3CCOC(C)(C)C3=N2)c(C#CCOS(C)(=O)=O)c1. The minimum absolute atomic E-state index is 0.116. The molecule has 11 heteroatoms. The number of nitrogens with zero attached hydrogens (tertiary/aromatic N) is 2. The van der Waals surface area contributed by atoms with Gasteiger partial charge in [0.15, 0.2) is 11.5 Å². The number of hydrogen-bond donors (Lipinski definition) is 1. The Balaban J connectivity index is 1.61. The van der Waals surface area contributed by atoms with Crippen LogP contribution in [-0.2, 0) is 41.7 Å². The van der Waals surface area contributed by atoms with Crippen LogP contribution in [0.25, 0.3) is 0 Å². The Bertz CT molecular complexity index is 1590. The molecule has 2 aromatic carbocycles. The number of halogens is 1. The van der Waals surface area contributed by atoms with E-state index >= 15 is 0 Å². The Hall–Kier alpha value is -3.31. The van der Waals surface area contributed by atoms with E-state index in [-0.39, 0.29) is 25.5 Å². The molecule has 2 aliphatic heterocycles. The molecule has 1 fully saturated rings. The predicted octanol–water partition coefficient (Wildman–Crippen LogP) is 3.67. The van der Waals surface area contributed by atoms with Gasteiger partial charge in [0.2, 0.25) is 0 Å². The highest BCUT2D eigenvalue weighted by Gasteiger charge is 2.41. The van der Waals surface area contributed by atoms with Gasteiger partial charge in [0.25, 0.3) is 16.0 Å². The summed E-state index contributed by atoms with van der Waals surface area (Å²) in [7, 11) is -3.60. The van der Waals surface area contributed by atoms with E-state index in [0.29, 0.717) is 36.0 Å². The first kappa shape index (κ1) is 30.6. The third-order valence-electron chi connectivity index (χ3n) is 6.27. The summed E-state index contributed by atoms with van der Waals surface area (Å²) in [5.41, 5.74) is 2.30. The van der Waals surface area contributed by atoms with Crippen molar-refractivity contribution in [2.24, 2.45) is 4.99 Å². The first-order chi connectivity index (χ1) is 19.5. The van der Waals surface area contributed by atoms with E-state index in [4.69, 9.17) is 18.6 Å². The monoisotopic (exact) mass is 689 g/mol. The summed E-state index contributed by atoms with van der Waals surface area (Å²) in [6.07, 6.45) is 0.971. The van der Waals surface area contributed by atoms with Crippen LogP contribution in [0.5, 0.6) is 0 Å². The smallest absolute Gasteiger partial charge is 0.274 e. The van der Waals surface area contributed by atoms with Crippen LogP contribution in [-0.4, -0.2) is 61.2 Å². The van der Waals surface area contributed by atoms with Crippen LogP contribution in [0.1, 0.15) is 30.5 Å². The number of morpholine rings is 1. The topological polar surface area (TPSA) is 107 Å². The predicted molar refractivity (Wildman–Crippen MR) is 167 cm³/mol. The molecule has 41 heavy (non-hydrogen) atoms. The van der Waals surface area contributed by atoms with Gasteiger partial charge in [-0.2, -0.15) is 8.42 Å². The Morgan fingerprint density at radius 1 is 1.24 bits per heavy atom. The molecule has 0 unspecified atom stereocenters. The van der Waals surface area contributed by atoms with Crippen molar-refractivity contribution in [3.05, 3.63) is 92.5 Å². The average Bonchev–Trinajstić information content (AvgIpc) is 2.94. The molecular weight excluding hydrogens is 657 g/mol. The van der Waals surface area contributed by atoms with E-state index in [1.165, 1.54) is 0 Å². The Kier molecular flexibility index (Phi) is 9.80. The third kappa shape index (κ3) is 7.91. The number of aliphatic imine (C=N–C) groups is 1. The van der Waals surface area contributed by atoms with Crippen LogP contribution < -0.4 is 5.32 Å². The van der Waals surface area contributed by atoms with E-state index in [1.54, 1.807) is 0 Å². The van der Waals surface area contributed by atoms with Crippen molar-refractivity contribution in [2.45, 2.75) is 32.6 Å². The summed E-state index contributed by atoms with van der Waals surface area (Å²) in [5.74, 6) is 6.16. The van der Waals surface area contributed by atoms with Gasteiger partial charge in [-0.1, -0.05) is 80.1 Å². The highest BCUT2D eigenvalue weighted by molar-refractivity contribution is 14.2. The Labute approximate surface area is 251 Å². The zero-order valence-corrected chi connectivity index (χ0v) is 26.2. The maximum atomic E-state index is 13.6. The average molecular weight is 690 g/mol. The van der Waals surface area contributed by atoms with Gasteiger partial charge in [0.1, 0.15) is 24.7 Å². The number of amidine groups is 1. The quantitative estimate of drug-likeness (QED) is 0.244. The van der Waals surface area contributed by atoms with Crippen molar-refractivity contribution < 1.29 is 26.9 Å². The standard InChI is InChI=1S/C30H32IN3O6S/c1-21-27(38-20-22-10-7-6-8-11-22)26(33-29-30(2,3)39-17-15-34(21)29)28(35)32-19-24-13-14-25(31-4)18-23(24)12-9-16-40-41(5,36)37/h6-8,10-11,13-14,18H,1,4,15-17,19-20H2,2-3,5H3,(H,32,35). The summed E-state index contributed by atoms with van der Waals surface area (Å²) >= 11 is -0.445. The summed E-state index contributed by atoms with van der Waals surface area (Å²) < 4.78 is 44.4. The molecule has 2 aromatic rings. The van der Waals surface area contributed by atoms with Crippen molar-refractivity contribution in [2.75, 3.05) is 26.0 Å². The molecule has 1 amide bonds. The lowest BCUT2D eigenvalue weighted by Crippen LogP contribution is -2.54. The van der Waals surface area contributed by atoms with Gasteiger partial charge in [-0.3, -0.25) is 8.98 Å². The van der Waals surface area contributed by atoms with Crippen molar-refractivity contribution >= 4 is 47.1 Å². The fraction of sp³-hybridized carbons (Fsp3) is 0.300. The highest BCUT2D eigenvalue weighted by atomic mass is 127. The molecule has 0 spiro atoms. The maximum absolute atomic E-state index is 13.6. The van der Waals surface area contributed by atoms with Crippen LogP contribution in [0, 0.1) is 15.4 Å². The molecule has 0 radical (unpaired) electrons. The van der Waals surface area contributed by atoms with E-state index in [2.05, 4.69) is 28.3 Å². The van der Waals surface area contributed by atoms with Crippen molar-refractivity contribution in [3.63, 3.8) is 0 Å². The largest absolute Gasteiger partial charge is 0.484 e. The molecule has 9 nitrogen and oxygen atoms in total. The van der Waals surface area contributed by atoms with Gasteiger partial charge in [-0.25, -0.2) is 4.99 Å². The van der Waals surface area contributed by atoms with E-state index in [9.17, 15) is 13.2 Å². The van der Waals surface area contributed by atoms with Gasteiger partial charge in [-0.05, 0) is 37.1 Å². The lowest BCUT2D eigenvalue weighted by atomic mass is 10.0. The third-order valence-corrected chi connectivity index (χ3v) is 8.37. The summed E-state index contributed by atoms with van der Waals surface area (Å²) in [5, 5.41) is 2.95. The molecule has 1 N–H and O–H groups in total. The molecular formula is C30H32IN3O6S. The first-order valence-corrected chi connectivity index (χ1v) is 17.1. The molecule has 0 atom stereocenters. The second-order valence-electron chi connectivity index (χ2n) is 9.73. The molecule has 0 aromatic heterocycles. The number of carbonyl (C=O) groups is 1. The van der Waals surface area contributed by atoms with Gasteiger partial charge in [-0.15, -0.1) is 0 Å². The molecule has 4 rings (SSSR count). The number of rotatable bonds is 9. The second-order valence-corrected chi connectivity index (χ2v) is 13.4. The van der Waals surface area contributed by atoms with E-state index in [0.717, 1.165) is 21.0 Å². The minimum Gasteiger partial charge on any atom is -0.484 e. The number of hydrogen-bond acceptors (Lipinski definition) is 8. The van der Waals surface area contributed by atoms with Crippen molar-refractivity contribution in [1.82, 2.24) is 10.2 Å². The van der Waals surface area contributed by atoms with Crippen LogP contribution >= 0.6 is 20.7 Å². The van der Waals surface area contributed by atoms with Crippen LogP contribution in [0.3, 0.4) is 0 Å². The number of fused-ring (bicyclic) bond motifs is 1. The molecule has 0 aliphatic carbocycles. The van der Waals surface area contributed by atoms with Gasteiger partial charge in [0.05, 0.1) is 18.6 Å². The van der Waals surface area contributed by atoms with E-state index < -0.39 is 42.4 Å². The van der Waals surface area contributed by atoms with Crippen LogP contribution in [0.4, 0.5) is 0 Å².